The van der Waals surface area contributed by atoms with Gasteiger partial charge in [-0.25, -0.2) is 0 Å². The molecule has 0 atom stereocenters. The number of benzene rings is 1. The zero-order valence-electron chi connectivity index (χ0n) is 19.7. The fourth-order valence-corrected chi connectivity index (χ4v) is 3.83. The van der Waals surface area contributed by atoms with Gasteiger partial charge in [0.1, 0.15) is 12.2 Å². The second kappa shape index (κ2) is 7.94. The molecule has 1 aromatic carbocycles. The highest BCUT2D eigenvalue weighted by atomic mass is 16.2. The lowest BCUT2D eigenvalue weighted by Gasteiger charge is -2.24. The first kappa shape index (κ1) is 22.4. The van der Waals surface area contributed by atoms with Crippen LogP contribution in [0.4, 0.5) is 0 Å². The van der Waals surface area contributed by atoms with E-state index < -0.39 is 5.41 Å². The van der Waals surface area contributed by atoms with Crippen molar-refractivity contribution in [3.05, 3.63) is 35.5 Å². The van der Waals surface area contributed by atoms with Crippen molar-refractivity contribution < 1.29 is 14.4 Å². The van der Waals surface area contributed by atoms with Crippen molar-refractivity contribution in [2.24, 2.45) is 0 Å². The molecule has 3 amide bonds. The maximum absolute atomic E-state index is 12.9. The Morgan fingerprint density at radius 1 is 0.938 bits per heavy atom. The molecule has 2 aliphatic rings. The number of carbonyl (C=O) groups is 3. The summed E-state index contributed by atoms with van der Waals surface area (Å²) in [6, 6.07) is 8.15. The zero-order chi connectivity index (χ0) is 23.3. The quantitative estimate of drug-likeness (QED) is 0.621. The van der Waals surface area contributed by atoms with Gasteiger partial charge in [0.15, 0.2) is 0 Å². The predicted octanol–water partition coefficient (Wildman–Crippen LogP) is 3.00. The highest BCUT2D eigenvalue weighted by molar-refractivity contribution is 6.00. The number of carbonyl (C=O) groups excluding carboxylic acids is 3. The van der Waals surface area contributed by atoms with Crippen LogP contribution in [0.15, 0.2) is 24.3 Å². The van der Waals surface area contributed by atoms with Crippen LogP contribution in [-0.4, -0.2) is 39.9 Å². The third-order valence-corrected chi connectivity index (χ3v) is 6.06. The molecule has 2 aliphatic carbocycles. The molecule has 0 radical (unpaired) electrons. The summed E-state index contributed by atoms with van der Waals surface area (Å²) in [6.07, 6.45) is 4.06. The molecular weight excluding hydrogens is 404 g/mol. The van der Waals surface area contributed by atoms with Crippen LogP contribution in [-0.2, 0) is 21.5 Å². The summed E-state index contributed by atoms with van der Waals surface area (Å²) in [6.45, 7) is 9.68. The number of fused-ring (bicyclic) bond motifs is 1. The van der Waals surface area contributed by atoms with Crippen molar-refractivity contribution in [2.45, 2.75) is 89.9 Å². The Morgan fingerprint density at radius 2 is 1.56 bits per heavy atom. The summed E-state index contributed by atoms with van der Waals surface area (Å²) in [5.41, 5.74) is 1.10. The Bertz CT molecular complexity index is 1070. The van der Waals surface area contributed by atoms with Crippen molar-refractivity contribution >= 4 is 28.6 Å². The largest absolute Gasteiger partial charge is 0.353 e. The van der Waals surface area contributed by atoms with E-state index in [2.05, 4.69) is 16.0 Å². The number of hydrogen-bond acceptors (Lipinski definition) is 3. The van der Waals surface area contributed by atoms with E-state index in [1.54, 1.807) is 4.57 Å². The van der Waals surface area contributed by atoms with E-state index in [1.165, 1.54) is 0 Å². The van der Waals surface area contributed by atoms with Crippen LogP contribution in [0, 0.1) is 0 Å². The topological polar surface area (TPSA) is 92.2 Å². The second-order valence-electron chi connectivity index (χ2n) is 10.8. The van der Waals surface area contributed by atoms with Crippen LogP contribution < -0.4 is 16.0 Å². The molecule has 32 heavy (non-hydrogen) atoms. The van der Waals surface area contributed by atoms with E-state index in [-0.39, 0.29) is 35.8 Å². The van der Waals surface area contributed by atoms with Crippen LogP contribution in [0.3, 0.4) is 0 Å². The lowest BCUT2D eigenvalue weighted by atomic mass is 9.83. The number of hydrogen-bond donors (Lipinski definition) is 3. The molecule has 0 saturated heterocycles. The van der Waals surface area contributed by atoms with Crippen LogP contribution in [0.25, 0.3) is 10.9 Å². The van der Waals surface area contributed by atoms with Gasteiger partial charge in [-0.15, -0.1) is 0 Å². The Morgan fingerprint density at radius 3 is 2.16 bits per heavy atom. The lowest BCUT2D eigenvalue weighted by molar-refractivity contribution is -0.126. The van der Waals surface area contributed by atoms with Crippen LogP contribution in [0.2, 0.25) is 0 Å². The van der Waals surface area contributed by atoms with E-state index in [9.17, 15) is 14.4 Å². The third kappa shape index (κ3) is 4.97. The van der Waals surface area contributed by atoms with E-state index in [0.29, 0.717) is 11.7 Å². The van der Waals surface area contributed by atoms with E-state index in [1.807, 2.05) is 58.9 Å². The summed E-state index contributed by atoms with van der Waals surface area (Å²) in [5, 5.41) is 9.94. The summed E-state index contributed by atoms with van der Waals surface area (Å²) in [5.74, 6) is -0.307. The van der Waals surface area contributed by atoms with Gasteiger partial charge in [-0.05, 0) is 84.1 Å². The fourth-order valence-electron chi connectivity index (χ4n) is 3.83. The number of amides is 3. The van der Waals surface area contributed by atoms with Gasteiger partial charge >= 0.3 is 0 Å². The van der Waals surface area contributed by atoms with Crippen LogP contribution in [0.1, 0.15) is 76.4 Å². The molecule has 4 rings (SSSR count). The number of nitrogens with zero attached hydrogens (tertiary/aromatic N) is 1. The smallest absolute Gasteiger partial charge is 0.268 e. The van der Waals surface area contributed by atoms with Gasteiger partial charge in [0.2, 0.25) is 11.8 Å². The van der Waals surface area contributed by atoms with Gasteiger partial charge in [0.05, 0.1) is 5.41 Å². The summed E-state index contributed by atoms with van der Waals surface area (Å²) < 4.78 is 1.77. The molecule has 1 heterocycles. The molecule has 1 aromatic heterocycles. The van der Waals surface area contributed by atoms with Gasteiger partial charge in [-0.3, -0.25) is 14.4 Å². The van der Waals surface area contributed by atoms with Gasteiger partial charge in [-0.2, -0.15) is 0 Å². The van der Waals surface area contributed by atoms with E-state index in [0.717, 1.165) is 42.1 Å². The lowest BCUT2D eigenvalue weighted by Crippen LogP contribution is -2.42. The molecule has 2 aromatic rings. The summed E-state index contributed by atoms with van der Waals surface area (Å²) in [4.78, 5) is 38.4. The minimum Gasteiger partial charge on any atom is -0.353 e. The molecule has 2 fully saturated rings. The number of nitrogens with one attached hydrogen (secondary N) is 3. The normalized spacial score (nSPS) is 16.7. The summed E-state index contributed by atoms with van der Waals surface area (Å²) >= 11 is 0. The average molecular weight is 439 g/mol. The monoisotopic (exact) mass is 438 g/mol. The predicted molar refractivity (Wildman–Crippen MR) is 125 cm³/mol. The molecule has 7 heteroatoms. The van der Waals surface area contributed by atoms with E-state index >= 15 is 0 Å². The second-order valence-corrected chi connectivity index (χ2v) is 10.8. The maximum atomic E-state index is 12.9. The van der Waals surface area contributed by atoms with Gasteiger partial charge in [0.25, 0.3) is 5.91 Å². The first-order valence-electron chi connectivity index (χ1n) is 11.5. The molecule has 3 N–H and O–H groups in total. The maximum Gasteiger partial charge on any atom is 0.268 e. The van der Waals surface area contributed by atoms with Crippen LogP contribution in [0.5, 0.6) is 0 Å². The SMILES string of the molecule is CC(C)(C)NC(=O)Cn1c(C(=O)NC2CC2)cc2cc(C(C)(C)C(=O)NC3CC3)ccc21. The minimum atomic E-state index is -0.696. The van der Waals surface area contributed by atoms with E-state index in [4.69, 9.17) is 0 Å². The van der Waals surface area contributed by atoms with Crippen molar-refractivity contribution in [3.63, 3.8) is 0 Å². The van der Waals surface area contributed by atoms with Crippen molar-refractivity contribution in [2.75, 3.05) is 0 Å². The standard InChI is InChI=1S/C25H34N4O3/c1-24(2,3)28-21(30)14-29-19-11-6-16(25(4,5)23(32)27-18-9-10-18)12-15(19)13-20(29)22(31)26-17-7-8-17/h6,11-13,17-18H,7-10,14H2,1-5H3,(H,26,31)(H,27,32)(H,28,30). The highest BCUT2D eigenvalue weighted by Gasteiger charge is 2.34. The molecule has 172 valence electrons. The molecule has 0 unspecified atom stereocenters. The Hall–Kier alpha value is -2.83. The molecule has 7 nitrogen and oxygen atoms in total. The third-order valence-electron chi connectivity index (χ3n) is 6.06. The molecule has 0 aliphatic heterocycles. The first-order chi connectivity index (χ1) is 14.9. The zero-order valence-corrected chi connectivity index (χ0v) is 19.7. The van der Waals surface area contributed by atoms with Gasteiger partial charge in [-0.1, -0.05) is 6.07 Å². The Kier molecular flexibility index (Phi) is 5.55. The summed E-state index contributed by atoms with van der Waals surface area (Å²) in [7, 11) is 0. The average Bonchev–Trinajstić information content (AvgIpc) is 3.61. The van der Waals surface area contributed by atoms with Crippen LogP contribution >= 0.6 is 0 Å². The minimum absolute atomic E-state index is 0.00929. The molecule has 0 bridgehead atoms. The Balaban J connectivity index is 1.68. The fraction of sp³-hybridized carbons (Fsp3) is 0.560. The number of aromatic nitrogens is 1. The molecule has 0 spiro atoms. The van der Waals surface area contributed by atoms with Crippen molar-refractivity contribution in [3.8, 4) is 0 Å². The molecular formula is C25H34N4O3. The number of rotatable bonds is 7. The molecule has 2 saturated carbocycles. The Labute approximate surface area is 189 Å². The van der Waals surface area contributed by atoms with Crippen molar-refractivity contribution in [1.29, 1.82) is 0 Å². The van der Waals surface area contributed by atoms with Gasteiger partial charge < -0.3 is 20.5 Å². The van der Waals surface area contributed by atoms with Crippen molar-refractivity contribution in [1.82, 2.24) is 20.5 Å². The van der Waals surface area contributed by atoms with Gasteiger partial charge in [0, 0.05) is 28.5 Å². The highest BCUT2D eigenvalue weighted by Crippen LogP contribution is 2.31. The first-order valence-corrected chi connectivity index (χ1v) is 11.5.